The summed E-state index contributed by atoms with van der Waals surface area (Å²) in [4.78, 5) is 0. The summed E-state index contributed by atoms with van der Waals surface area (Å²) in [7, 11) is 10.2. The molecule has 0 radical (unpaired) electrons. The fourth-order valence-corrected chi connectivity index (χ4v) is 22.7. The van der Waals surface area contributed by atoms with Crippen molar-refractivity contribution < 1.29 is 28.4 Å². The molecular weight excluding hydrogens is 1180 g/mol. The van der Waals surface area contributed by atoms with Crippen LogP contribution in [0.15, 0.2) is 146 Å². The van der Waals surface area contributed by atoms with Gasteiger partial charge in [-0.25, -0.2) is 0 Å². The summed E-state index contributed by atoms with van der Waals surface area (Å²) in [5, 5.41) is 0. The SMILES string of the molecule is Br.Br.COc1cc[c]([Bi]([c]2ccc(OC)cc2)[c]2ccc(OC)cc2)cc1.COc1cc[c]([Bi]([c]2ccc(OC)cc2)[c]2ccc(OC)cc2)cc1. The Morgan fingerprint density at radius 1 is 0.231 bits per heavy atom. The molecule has 0 atom stereocenters. The van der Waals surface area contributed by atoms with Gasteiger partial charge in [0, 0.05) is 0 Å². The van der Waals surface area contributed by atoms with Gasteiger partial charge in [-0.15, -0.1) is 34.0 Å². The first kappa shape index (κ1) is 43.3. The predicted octanol–water partition coefficient (Wildman–Crippen LogP) is 5.61. The van der Waals surface area contributed by atoms with Gasteiger partial charge in [-0.05, 0) is 0 Å². The molecule has 0 aromatic heterocycles. The standard InChI is InChI=1S/6C7H7O.2Bi.2BrH/c6*1-8-7-5-3-2-4-6-7;;;;/h6*3-6H,1H3;;;2*1H. The van der Waals surface area contributed by atoms with Crippen LogP contribution in [0.3, 0.4) is 0 Å². The Kier molecular flexibility index (Phi) is 18.4. The predicted molar refractivity (Wildman–Crippen MR) is 228 cm³/mol. The van der Waals surface area contributed by atoms with E-state index in [1.54, 1.807) is 42.7 Å². The maximum atomic E-state index is 5.31. The van der Waals surface area contributed by atoms with Gasteiger partial charge in [-0.1, -0.05) is 0 Å². The quantitative estimate of drug-likeness (QED) is 0.149. The molecule has 0 N–H and O–H groups in total. The normalized spacial score (nSPS) is 10.2. The van der Waals surface area contributed by atoms with Gasteiger partial charge in [-0.3, -0.25) is 0 Å². The molecule has 0 fully saturated rings. The zero-order valence-electron chi connectivity index (χ0n) is 30.0. The van der Waals surface area contributed by atoms with E-state index in [0.29, 0.717) is 0 Å². The Bertz CT molecular complexity index is 1520. The molecule has 0 spiro atoms. The van der Waals surface area contributed by atoms with Gasteiger partial charge < -0.3 is 0 Å². The van der Waals surface area contributed by atoms with Crippen LogP contribution in [0.2, 0.25) is 0 Å². The van der Waals surface area contributed by atoms with E-state index in [4.69, 9.17) is 28.4 Å². The van der Waals surface area contributed by atoms with Crippen molar-refractivity contribution in [2.75, 3.05) is 42.7 Å². The number of hydrogen-bond donors (Lipinski definition) is 0. The van der Waals surface area contributed by atoms with Crippen molar-refractivity contribution in [2.24, 2.45) is 0 Å². The van der Waals surface area contributed by atoms with E-state index in [9.17, 15) is 0 Å². The third-order valence-corrected chi connectivity index (χ3v) is 27.0. The van der Waals surface area contributed by atoms with Crippen LogP contribution in [-0.4, -0.2) is 86.2 Å². The molecule has 0 aliphatic carbocycles. The summed E-state index contributed by atoms with van der Waals surface area (Å²) in [5.74, 6) is 5.32. The maximum absolute atomic E-state index is 5.31. The second-order valence-electron chi connectivity index (χ2n) is 10.9. The average molecular weight is 1220 g/mol. The first-order chi connectivity index (χ1) is 24.5. The van der Waals surface area contributed by atoms with Crippen LogP contribution < -0.4 is 48.0 Å². The first-order valence-corrected chi connectivity index (χ1v) is 26.4. The van der Waals surface area contributed by atoms with E-state index in [1.807, 2.05) is 72.8 Å². The summed E-state index contributed by atoms with van der Waals surface area (Å²) in [6, 6.07) is 51.0. The van der Waals surface area contributed by atoms with Gasteiger partial charge in [0.2, 0.25) is 0 Å². The second-order valence-corrected chi connectivity index (χ2v) is 28.1. The van der Waals surface area contributed by atoms with Crippen LogP contribution in [0.25, 0.3) is 0 Å². The van der Waals surface area contributed by atoms with Crippen molar-refractivity contribution in [1.29, 1.82) is 0 Å². The third-order valence-electron chi connectivity index (χ3n) is 7.98. The number of ether oxygens (including phenoxy) is 6. The van der Waals surface area contributed by atoms with Crippen molar-refractivity contribution in [3.05, 3.63) is 146 Å². The fourth-order valence-electron chi connectivity index (χ4n) is 5.28. The third kappa shape index (κ3) is 11.4. The van der Waals surface area contributed by atoms with Crippen LogP contribution in [-0.2, 0) is 0 Å². The topological polar surface area (TPSA) is 55.4 Å². The van der Waals surface area contributed by atoms with Crippen molar-refractivity contribution in [2.45, 2.75) is 0 Å². The molecule has 6 nitrogen and oxygen atoms in total. The molecule has 0 aliphatic heterocycles. The first-order valence-electron chi connectivity index (χ1n) is 15.9. The summed E-state index contributed by atoms with van der Waals surface area (Å²) in [6.07, 6.45) is 0. The Morgan fingerprint density at radius 2 is 0.346 bits per heavy atom. The van der Waals surface area contributed by atoms with Gasteiger partial charge in [0.1, 0.15) is 0 Å². The van der Waals surface area contributed by atoms with Crippen LogP contribution in [0.4, 0.5) is 0 Å². The summed E-state index contributed by atoms with van der Waals surface area (Å²) >= 11 is -4.73. The minimum absolute atomic E-state index is 0. The van der Waals surface area contributed by atoms with Crippen LogP contribution in [0.5, 0.6) is 34.5 Å². The van der Waals surface area contributed by atoms with Crippen LogP contribution in [0.1, 0.15) is 0 Å². The van der Waals surface area contributed by atoms with Crippen LogP contribution in [0, 0.1) is 0 Å². The average Bonchev–Trinajstić information content (AvgIpc) is 3.20. The molecule has 0 aliphatic rings. The molecule has 0 unspecified atom stereocenters. The minimum atomic E-state index is -2.36. The summed E-state index contributed by atoms with van der Waals surface area (Å²) < 4.78 is 40.3. The van der Waals surface area contributed by atoms with E-state index in [1.165, 1.54) is 19.6 Å². The molecule has 10 heteroatoms. The molecule has 0 saturated heterocycles. The number of methoxy groups -OCH3 is 6. The van der Waals surface area contributed by atoms with Gasteiger partial charge >= 0.3 is 314 Å². The van der Waals surface area contributed by atoms with Crippen molar-refractivity contribution in [3.63, 3.8) is 0 Å². The summed E-state index contributed by atoms with van der Waals surface area (Å²) in [6.45, 7) is 0. The number of rotatable bonds is 12. The van der Waals surface area contributed by atoms with Crippen LogP contribution >= 0.6 is 34.0 Å². The van der Waals surface area contributed by atoms with Gasteiger partial charge in [0.05, 0.1) is 0 Å². The Balaban J connectivity index is 0.000000270. The molecule has 6 aromatic carbocycles. The van der Waals surface area contributed by atoms with E-state index in [2.05, 4.69) is 72.8 Å². The zero-order valence-corrected chi connectivity index (χ0v) is 40.4. The van der Waals surface area contributed by atoms with Gasteiger partial charge in [0.15, 0.2) is 0 Å². The van der Waals surface area contributed by atoms with E-state index in [0.717, 1.165) is 34.5 Å². The summed E-state index contributed by atoms with van der Waals surface area (Å²) in [5.41, 5.74) is 0. The van der Waals surface area contributed by atoms with Crippen molar-refractivity contribution >= 4 is 97.1 Å². The Labute approximate surface area is 344 Å². The molecule has 0 saturated carbocycles. The number of halogens is 2. The van der Waals surface area contributed by atoms with Crippen molar-refractivity contribution in [3.8, 4) is 34.5 Å². The fraction of sp³-hybridized carbons (Fsp3) is 0.143. The Hall–Kier alpha value is -3.15. The second kappa shape index (κ2) is 22.2. The van der Waals surface area contributed by atoms with Gasteiger partial charge in [-0.2, -0.15) is 0 Å². The van der Waals surface area contributed by atoms with E-state index in [-0.39, 0.29) is 34.0 Å². The molecular formula is C42H44Bi2Br2O6. The number of hydrogen-bond acceptors (Lipinski definition) is 6. The molecule has 0 amide bonds. The van der Waals surface area contributed by atoms with E-state index < -0.39 is 43.5 Å². The molecule has 0 heterocycles. The molecule has 52 heavy (non-hydrogen) atoms. The Morgan fingerprint density at radius 3 is 0.442 bits per heavy atom. The number of benzene rings is 6. The molecule has 6 aromatic rings. The molecule has 0 bridgehead atoms. The van der Waals surface area contributed by atoms with E-state index >= 15 is 0 Å². The molecule has 272 valence electrons. The van der Waals surface area contributed by atoms with Crippen molar-refractivity contribution in [1.82, 2.24) is 0 Å². The van der Waals surface area contributed by atoms with Gasteiger partial charge in [0.25, 0.3) is 0 Å². The zero-order chi connectivity index (χ0) is 35.3. The molecule has 6 rings (SSSR count). The monoisotopic (exact) mass is 1220 g/mol.